The standard InChI is InChI=1S/C9H14N4O2/c10-7-5-13(12-8(7)9(11)14)4-6-2-1-3-15-6/h5-6H,1-4,10H2,(H2,11,14). The minimum absolute atomic E-state index is 0.132. The van der Waals surface area contributed by atoms with Gasteiger partial charge in [0.15, 0.2) is 5.69 Å². The van der Waals surface area contributed by atoms with E-state index in [-0.39, 0.29) is 11.8 Å². The molecule has 1 aromatic heterocycles. The zero-order valence-corrected chi connectivity index (χ0v) is 8.35. The second kappa shape index (κ2) is 3.90. The minimum Gasteiger partial charge on any atom is -0.396 e. The Bertz CT molecular complexity index is 368. The van der Waals surface area contributed by atoms with E-state index in [1.807, 2.05) is 0 Å². The number of hydrogen-bond donors (Lipinski definition) is 2. The fourth-order valence-electron chi connectivity index (χ4n) is 1.72. The summed E-state index contributed by atoms with van der Waals surface area (Å²) in [7, 11) is 0. The van der Waals surface area contributed by atoms with Crippen molar-refractivity contribution in [1.29, 1.82) is 0 Å². The quantitative estimate of drug-likeness (QED) is 0.718. The molecule has 6 heteroatoms. The number of nitrogens with two attached hydrogens (primary N) is 2. The van der Waals surface area contributed by atoms with Crippen LogP contribution in [-0.4, -0.2) is 28.4 Å². The molecule has 1 atom stereocenters. The van der Waals surface area contributed by atoms with Crippen molar-refractivity contribution in [1.82, 2.24) is 9.78 Å². The number of anilines is 1. The van der Waals surface area contributed by atoms with Gasteiger partial charge < -0.3 is 16.2 Å². The summed E-state index contributed by atoms with van der Waals surface area (Å²) in [4.78, 5) is 10.9. The third kappa shape index (κ3) is 2.10. The predicted molar refractivity (Wildman–Crippen MR) is 54.1 cm³/mol. The van der Waals surface area contributed by atoms with E-state index in [1.54, 1.807) is 10.9 Å². The third-order valence-corrected chi connectivity index (χ3v) is 2.44. The summed E-state index contributed by atoms with van der Waals surface area (Å²) < 4.78 is 7.07. The number of carbonyl (C=O) groups is 1. The molecule has 0 spiro atoms. The predicted octanol–water partition coefficient (Wildman–Crippen LogP) is -0.257. The molecular weight excluding hydrogens is 196 g/mol. The maximum atomic E-state index is 10.9. The monoisotopic (exact) mass is 210 g/mol. The lowest BCUT2D eigenvalue weighted by atomic mass is 10.2. The van der Waals surface area contributed by atoms with Crippen LogP contribution in [0.3, 0.4) is 0 Å². The first-order valence-corrected chi connectivity index (χ1v) is 4.91. The third-order valence-electron chi connectivity index (χ3n) is 2.44. The van der Waals surface area contributed by atoms with Crippen molar-refractivity contribution in [3.05, 3.63) is 11.9 Å². The van der Waals surface area contributed by atoms with E-state index in [1.165, 1.54) is 0 Å². The Morgan fingerprint density at radius 2 is 2.53 bits per heavy atom. The van der Waals surface area contributed by atoms with Crippen molar-refractivity contribution < 1.29 is 9.53 Å². The van der Waals surface area contributed by atoms with E-state index in [9.17, 15) is 4.79 Å². The van der Waals surface area contributed by atoms with Crippen LogP contribution in [0, 0.1) is 0 Å². The zero-order chi connectivity index (χ0) is 10.8. The van der Waals surface area contributed by atoms with Gasteiger partial charge in [-0.25, -0.2) is 0 Å². The normalized spacial score (nSPS) is 20.7. The Kier molecular flexibility index (Phi) is 2.59. The van der Waals surface area contributed by atoms with E-state index in [0.717, 1.165) is 19.4 Å². The molecule has 0 saturated carbocycles. The molecule has 6 nitrogen and oxygen atoms in total. The van der Waals surface area contributed by atoms with E-state index in [0.29, 0.717) is 12.2 Å². The largest absolute Gasteiger partial charge is 0.396 e. The Hall–Kier alpha value is -1.56. The summed E-state index contributed by atoms with van der Waals surface area (Å²) in [6, 6.07) is 0. The van der Waals surface area contributed by atoms with Gasteiger partial charge in [0.1, 0.15) is 0 Å². The van der Waals surface area contributed by atoms with Crippen molar-refractivity contribution in [2.75, 3.05) is 12.3 Å². The van der Waals surface area contributed by atoms with Gasteiger partial charge in [0.2, 0.25) is 0 Å². The van der Waals surface area contributed by atoms with Crippen molar-refractivity contribution in [2.45, 2.75) is 25.5 Å². The molecule has 0 aliphatic carbocycles. The molecular formula is C9H14N4O2. The van der Waals surface area contributed by atoms with Gasteiger partial charge in [0, 0.05) is 12.8 Å². The number of aromatic nitrogens is 2. The number of hydrogen-bond acceptors (Lipinski definition) is 4. The molecule has 2 rings (SSSR count). The van der Waals surface area contributed by atoms with Crippen LogP contribution in [0.5, 0.6) is 0 Å². The summed E-state index contributed by atoms with van der Waals surface area (Å²) >= 11 is 0. The van der Waals surface area contributed by atoms with Crippen LogP contribution in [0.25, 0.3) is 0 Å². The number of nitrogens with zero attached hydrogens (tertiary/aromatic N) is 2. The van der Waals surface area contributed by atoms with Gasteiger partial charge in [-0.15, -0.1) is 0 Å². The van der Waals surface area contributed by atoms with Gasteiger partial charge in [-0.1, -0.05) is 0 Å². The molecule has 0 bridgehead atoms. The van der Waals surface area contributed by atoms with Gasteiger partial charge in [-0.3, -0.25) is 9.48 Å². The van der Waals surface area contributed by atoms with Gasteiger partial charge in [-0.05, 0) is 12.8 Å². The number of carbonyl (C=O) groups excluding carboxylic acids is 1. The van der Waals surface area contributed by atoms with Crippen LogP contribution in [-0.2, 0) is 11.3 Å². The average molecular weight is 210 g/mol. The van der Waals surface area contributed by atoms with Crippen LogP contribution in [0.15, 0.2) is 6.20 Å². The van der Waals surface area contributed by atoms with Gasteiger partial charge >= 0.3 is 0 Å². The molecule has 1 aromatic rings. The second-order valence-electron chi connectivity index (χ2n) is 3.65. The van der Waals surface area contributed by atoms with E-state index in [4.69, 9.17) is 16.2 Å². The van der Waals surface area contributed by atoms with Crippen LogP contribution in [0.2, 0.25) is 0 Å². The summed E-state index contributed by atoms with van der Waals surface area (Å²) in [5, 5.41) is 4.01. The molecule has 4 N–H and O–H groups in total. The lowest BCUT2D eigenvalue weighted by Crippen LogP contribution is -2.17. The maximum absolute atomic E-state index is 10.9. The lowest BCUT2D eigenvalue weighted by Gasteiger charge is -2.08. The van der Waals surface area contributed by atoms with E-state index in [2.05, 4.69) is 5.10 Å². The minimum atomic E-state index is -0.599. The highest BCUT2D eigenvalue weighted by molar-refractivity contribution is 5.95. The zero-order valence-electron chi connectivity index (χ0n) is 8.35. The highest BCUT2D eigenvalue weighted by Gasteiger charge is 2.18. The molecule has 1 aliphatic rings. The first-order chi connectivity index (χ1) is 7.16. The van der Waals surface area contributed by atoms with Gasteiger partial charge in [0.05, 0.1) is 18.3 Å². The van der Waals surface area contributed by atoms with Gasteiger partial charge in [-0.2, -0.15) is 5.10 Å². The summed E-state index contributed by atoms with van der Waals surface area (Å²) in [6.45, 7) is 1.42. The Labute approximate surface area is 87.2 Å². The molecule has 1 saturated heterocycles. The van der Waals surface area contributed by atoms with E-state index >= 15 is 0 Å². The molecule has 2 heterocycles. The van der Waals surface area contributed by atoms with Crippen LogP contribution in [0.1, 0.15) is 23.3 Å². The van der Waals surface area contributed by atoms with Crippen molar-refractivity contribution in [2.24, 2.45) is 5.73 Å². The number of ether oxygens (including phenoxy) is 1. The number of nitrogen functional groups attached to an aromatic ring is 1. The fraction of sp³-hybridized carbons (Fsp3) is 0.556. The van der Waals surface area contributed by atoms with Crippen LogP contribution < -0.4 is 11.5 Å². The number of amides is 1. The number of rotatable bonds is 3. The Balaban J connectivity index is 2.08. The molecule has 0 aromatic carbocycles. The van der Waals surface area contributed by atoms with Crippen molar-refractivity contribution in [3.8, 4) is 0 Å². The molecule has 1 amide bonds. The fourth-order valence-corrected chi connectivity index (χ4v) is 1.72. The highest BCUT2D eigenvalue weighted by atomic mass is 16.5. The summed E-state index contributed by atoms with van der Waals surface area (Å²) in [6.07, 6.45) is 3.88. The SMILES string of the molecule is NC(=O)c1nn(CC2CCCO2)cc1N. The van der Waals surface area contributed by atoms with Crippen molar-refractivity contribution >= 4 is 11.6 Å². The summed E-state index contributed by atoms with van der Waals surface area (Å²) in [5.41, 5.74) is 11.2. The van der Waals surface area contributed by atoms with Crippen molar-refractivity contribution in [3.63, 3.8) is 0 Å². The summed E-state index contributed by atoms with van der Waals surface area (Å²) in [5.74, 6) is -0.599. The number of primary amides is 1. The van der Waals surface area contributed by atoms with Crippen LogP contribution in [0.4, 0.5) is 5.69 Å². The smallest absolute Gasteiger partial charge is 0.271 e. The topological polar surface area (TPSA) is 96.2 Å². The van der Waals surface area contributed by atoms with Gasteiger partial charge in [0.25, 0.3) is 5.91 Å². The molecule has 1 fully saturated rings. The van der Waals surface area contributed by atoms with E-state index < -0.39 is 5.91 Å². The van der Waals surface area contributed by atoms with Crippen LogP contribution >= 0.6 is 0 Å². The molecule has 1 aliphatic heterocycles. The molecule has 0 radical (unpaired) electrons. The highest BCUT2D eigenvalue weighted by Crippen LogP contribution is 2.15. The molecule has 1 unspecified atom stereocenters. The molecule has 15 heavy (non-hydrogen) atoms. The lowest BCUT2D eigenvalue weighted by molar-refractivity contribution is 0.0927. The average Bonchev–Trinajstić information content (AvgIpc) is 2.75. The first-order valence-electron chi connectivity index (χ1n) is 4.91. The molecule has 82 valence electrons. The Morgan fingerprint density at radius 3 is 3.07 bits per heavy atom. The Morgan fingerprint density at radius 1 is 1.73 bits per heavy atom. The first kappa shape index (κ1) is 9.97. The maximum Gasteiger partial charge on any atom is 0.271 e. The second-order valence-corrected chi connectivity index (χ2v) is 3.65.